The number of piperidine rings is 1. The normalized spacial score (nSPS) is 34.4. The lowest BCUT2D eigenvalue weighted by Crippen LogP contribution is -2.73. The second kappa shape index (κ2) is 4.74. The first-order chi connectivity index (χ1) is 12.0. The van der Waals surface area contributed by atoms with Gasteiger partial charge in [0, 0.05) is 29.9 Å². The van der Waals surface area contributed by atoms with Crippen molar-refractivity contribution in [1.29, 1.82) is 0 Å². The molecule has 2 heterocycles. The molecule has 1 saturated heterocycles. The number of ketones is 1. The highest BCUT2D eigenvalue weighted by molar-refractivity contribution is 5.83. The van der Waals surface area contributed by atoms with Gasteiger partial charge >= 0.3 is 5.97 Å². The molecule has 0 spiro atoms. The van der Waals surface area contributed by atoms with E-state index in [1.807, 2.05) is 0 Å². The minimum absolute atomic E-state index is 0.0703. The van der Waals surface area contributed by atoms with Crippen molar-refractivity contribution in [2.24, 2.45) is 0 Å². The first-order valence-electron chi connectivity index (χ1n) is 8.65. The topological polar surface area (TPSA) is 108 Å². The Morgan fingerprint density at radius 3 is 3.04 bits per heavy atom. The van der Waals surface area contributed by atoms with Crippen LogP contribution < -0.4 is 10.1 Å². The number of Topliss-reactive ketones (excluding diaryl/α,β-unsaturated/α-hetero) is 1. The number of hydrogen-bond acceptors (Lipinski definition) is 6. The molecular weight excluding hydrogens is 326 g/mol. The van der Waals surface area contributed by atoms with E-state index < -0.39 is 23.6 Å². The molecule has 7 heteroatoms. The zero-order chi connectivity index (χ0) is 17.4. The van der Waals surface area contributed by atoms with Crippen molar-refractivity contribution in [2.75, 3.05) is 13.2 Å². The lowest BCUT2D eigenvalue weighted by Gasteiger charge is -2.62. The van der Waals surface area contributed by atoms with E-state index in [4.69, 9.17) is 14.6 Å². The van der Waals surface area contributed by atoms with Crippen molar-refractivity contribution in [2.45, 2.75) is 49.2 Å². The fourth-order valence-corrected chi connectivity index (χ4v) is 5.46. The van der Waals surface area contributed by atoms with E-state index in [0.717, 1.165) is 17.7 Å². The Labute approximate surface area is 143 Å². The Bertz CT molecular complexity index is 820. The summed E-state index contributed by atoms with van der Waals surface area (Å²) in [7, 11) is 0. The fraction of sp³-hybridized carbons (Fsp3) is 0.556. The van der Waals surface area contributed by atoms with Crippen LogP contribution in [-0.4, -0.2) is 46.8 Å². The number of aliphatic carboxylic acids is 1. The number of ether oxygens (including phenoxy) is 2. The molecule has 1 aromatic carbocycles. The van der Waals surface area contributed by atoms with Gasteiger partial charge in [-0.3, -0.25) is 4.79 Å². The highest BCUT2D eigenvalue weighted by Crippen LogP contribution is 2.64. The average Bonchev–Trinajstić information content (AvgIpc) is 3.36. The van der Waals surface area contributed by atoms with Crippen LogP contribution in [0.4, 0.5) is 0 Å². The second-order valence-electron chi connectivity index (χ2n) is 7.51. The lowest BCUT2D eigenvalue weighted by molar-refractivity contribution is -0.184. The molecule has 3 atom stereocenters. The second-order valence-corrected chi connectivity index (χ2v) is 7.51. The third-order valence-electron chi connectivity index (χ3n) is 6.45. The minimum atomic E-state index is -1.02. The zero-order valence-corrected chi connectivity index (χ0v) is 13.6. The van der Waals surface area contributed by atoms with Crippen molar-refractivity contribution in [3.63, 3.8) is 0 Å². The van der Waals surface area contributed by atoms with Gasteiger partial charge in [0.2, 0.25) is 5.75 Å². The zero-order valence-electron chi connectivity index (χ0n) is 13.6. The molecule has 3 N–H and O–H groups in total. The molecule has 4 aliphatic rings. The van der Waals surface area contributed by atoms with Crippen molar-refractivity contribution in [3.8, 4) is 17.2 Å². The van der Waals surface area contributed by atoms with Crippen LogP contribution in [0.15, 0.2) is 6.07 Å². The van der Waals surface area contributed by atoms with Crippen LogP contribution in [0.3, 0.4) is 0 Å². The van der Waals surface area contributed by atoms with E-state index >= 15 is 0 Å². The first-order valence-corrected chi connectivity index (χ1v) is 8.65. The number of benzene rings is 1. The SMILES string of the molecule is O=C(O)CO[C@@]12CCC(=O)C[C@@]13CCN[C@@H]2Cc1c3cc(O)c2c1O2. The lowest BCUT2D eigenvalue weighted by atomic mass is 9.49. The number of rotatable bonds is 3. The fourth-order valence-electron chi connectivity index (χ4n) is 5.46. The molecule has 132 valence electrons. The van der Waals surface area contributed by atoms with Crippen molar-refractivity contribution in [3.05, 3.63) is 17.2 Å². The molecule has 2 aliphatic heterocycles. The van der Waals surface area contributed by atoms with Crippen LogP contribution in [-0.2, 0) is 26.2 Å². The minimum Gasteiger partial charge on any atom is -0.504 e. The molecule has 5 rings (SSSR count). The Balaban J connectivity index is 1.72. The van der Waals surface area contributed by atoms with Gasteiger partial charge in [-0.15, -0.1) is 0 Å². The predicted octanol–water partition coefficient (Wildman–Crippen LogP) is 1.25. The molecule has 2 bridgehead atoms. The van der Waals surface area contributed by atoms with Crippen LogP contribution in [0.25, 0.3) is 0 Å². The van der Waals surface area contributed by atoms with Crippen LogP contribution in [0, 0.1) is 0 Å². The van der Waals surface area contributed by atoms with Gasteiger partial charge in [0.05, 0.1) is 5.60 Å². The van der Waals surface area contributed by atoms with E-state index in [-0.39, 0.29) is 17.6 Å². The van der Waals surface area contributed by atoms with E-state index in [1.165, 1.54) is 0 Å². The van der Waals surface area contributed by atoms with Crippen LogP contribution in [0.1, 0.15) is 36.8 Å². The molecule has 0 unspecified atom stereocenters. The van der Waals surface area contributed by atoms with Gasteiger partial charge < -0.3 is 25.0 Å². The van der Waals surface area contributed by atoms with Crippen LogP contribution >= 0.6 is 0 Å². The van der Waals surface area contributed by atoms with Crippen LogP contribution in [0.2, 0.25) is 0 Å². The number of carboxylic acid groups (broad SMARTS) is 1. The van der Waals surface area contributed by atoms with Gasteiger partial charge in [0.1, 0.15) is 12.4 Å². The van der Waals surface area contributed by atoms with E-state index in [1.54, 1.807) is 6.07 Å². The summed E-state index contributed by atoms with van der Waals surface area (Å²) in [6.07, 6.45) is 2.51. The summed E-state index contributed by atoms with van der Waals surface area (Å²) < 4.78 is 11.5. The van der Waals surface area contributed by atoms with Gasteiger partial charge in [0.25, 0.3) is 0 Å². The molecule has 7 nitrogen and oxygen atoms in total. The quantitative estimate of drug-likeness (QED) is 0.718. The summed E-state index contributed by atoms with van der Waals surface area (Å²) in [5.41, 5.74) is 0.562. The van der Waals surface area contributed by atoms with Crippen LogP contribution in [0.5, 0.6) is 17.2 Å². The Morgan fingerprint density at radius 1 is 1.40 bits per heavy atom. The standard InChI is InChI=1S/C18H19NO6/c20-9-1-2-18(24-8-14(22)23)13-5-10-11(6-12(21)16-15(10)25-16)17(18,7-9)3-4-19-13/h6,13,19,21H,1-5,7-8H2,(H,22,23)/t13-,17-,18-/m1/s1. The maximum absolute atomic E-state index is 12.4. The van der Waals surface area contributed by atoms with Crippen molar-refractivity contribution < 1.29 is 29.3 Å². The van der Waals surface area contributed by atoms with Gasteiger partial charge in [-0.25, -0.2) is 4.79 Å². The largest absolute Gasteiger partial charge is 0.504 e. The number of carbonyl (C=O) groups is 2. The van der Waals surface area contributed by atoms with Gasteiger partial charge in [-0.05, 0) is 37.4 Å². The van der Waals surface area contributed by atoms with Gasteiger partial charge in [-0.1, -0.05) is 0 Å². The summed E-state index contributed by atoms with van der Waals surface area (Å²) in [6, 6.07) is 1.64. The highest BCUT2D eigenvalue weighted by atomic mass is 16.6. The number of phenols is 1. The van der Waals surface area contributed by atoms with Gasteiger partial charge in [0.15, 0.2) is 11.5 Å². The smallest absolute Gasteiger partial charge is 0.329 e. The molecule has 1 aromatic rings. The predicted molar refractivity (Wildman–Crippen MR) is 85.1 cm³/mol. The summed E-state index contributed by atoms with van der Waals surface area (Å²) >= 11 is 0. The summed E-state index contributed by atoms with van der Waals surface area (Å²) in [6.45, 7) is 0.338. The summed E-state index contributed by atoms with van der Waals surface area (Å²) in [5, 5.41) is 22.9. The Morgan fingerprint density at radius 2 is 2.24 bits per heavy atom. The number of phenolic OH excluding ortho intramolecular Hbond substituents is 1. The van der Waals surface area contributed by atoms with Crippen molar-refractivity contribution >= 4 is 11.8 Å². The summed E-state index contributed by atoms with van der Waals surface area (Å²) in [5.74, 6) is 0.470. The first kappa shape index (κ1) is 15.2. The van der Waals surface area contributed by atoms with E-state index in [2.05, 4.69) is 5.32 Å². The monoisotopic (exact) mass is 345 g/mol. The number of fused-ring (bicyclic) bond motifs is 3. The molecule has 0 radical (unpaired) electrons. The third-order valence-corrected chi connectivity index (χ3v) is 6.45. The molecular formula is C18H19NO6. The molecule has 2 aliphatic carbocycles. The maximum Gasteiger partial charge on any atom is 0.329 e. The molecule has 1 saturated carbocycles. The van der Waals surface area contributed by atoms with E-state index in [0.29, 0.717) is 43.6 Å². The highest BCUT2D eigenvalue weighted by Gasteiger charge is 2.65. The molecule has 0 aromatic heterocycles. The number of carbonyl (C=O) groups excluding carboxylic acids is 1. The van der Waals surface area contributed by atoms with E-state index in [9.17, 15) is 14.7 Å². The molecule has 2 fully saturated rings. The number of nitrogens with one attached hydrogen (secondary N) is 1. The summed E-state index contributed by atoms with van der Waals surface area (Å²) in [4.78, 5) is 23.6. The third kappa shape index (κ3) is 1.82. The Kier molecular flexibility index (Phi) is 2.87. The maximum atomic E-state index is 12.4. The number of carboxylic acids is 1. The van der Waals surface area contributed by atoms with Crippen molar-refractivity contribution in [1.82, 2.24) is 5.32 Å². The average molecular weight is 345 g/mol. The molecule has 0 amide bonds. The number of aromatic hydroxyl groups is 1. The Hall–Kier alpha value is -2.12. The molecule has 25 heavy (non-hydrogen) atoms. The van der Waals surface area contributed by atoms with Gasteiger partial charge in [-0.2, -0.15) is 0 Å². The number of hydrogen-bond donors (Lipinski definition) is 3.